The van der Waals surface area contributed by atoms with Crippen LogP contribution in [-0.2, 0) is 0 Å². The number of ether oxygens (including phenoxy) is 1. The molecular formula is C21H17Cl2N3O2. The summed E-state index contributed by atoms with van der Waals surface area (Å²) in [6, 6.07) is 20.3. The average Bonchev–Trinajstić information content (AvgIpc) is 3.12. The van der Waals surface area contributed by atoms with Crippen molar-refractivity contribution in [2.45, 2.75) is 0 Å². The van der Waals surface area contributed by atoms with Gasteiger partial charge in [0.15, 0.2) is 0 Å². The first-order valence-electron chi connectivity index (χ1n) is 8.34. The number of rotatable bonds is 4. The van der Waals surface area contributed by atoms with Crippen LogP contribution in [0.2, 0.25) is 5.02 Å². The topological polar surface area (TPSA) is 67.0 Å². The Labute approximate surface area is 173 Å². The Hall–Kier alpha value is -3.02. The quantitative estimate of drug-likeness (QED) is 0.459. The first kappa shape index (κ1) is 19.7. The predicted molar refractivity (Wildman–Crippen MR) is 115 cm³/mol. The van der Waals surface area contributed by atoms with Crippen molar-refractivity contribution >= 4 is 46.6 Å². The van der Waals surface area contributed by atoms with E-state index in [1.54, 1.807) is 18.2 Å². The second-order valence-electron chi connectivity index (χ2n) is 5.98. The highest BCUT2D eigenvalue weighted by Gasteiger charge is 2.14. The molecule has 28 heavy (non-hydrogen) atoms. The largest absolute Gasteiger partial charge is 0.496 e. The minimum atomic E-state index is -0.295. The summed E-state index contributed by atoms with van der Waals surface area (Å²) in [6.07, 6.45) is 0. The molecule has 0 spiro atoms. The number of imidazole rings is 1. The molecule has 0 fully saturated rings. The Morgan fingerprint density at radius 1 is 1.07 bits per heavy atom. The van der Waals surface area contributed by atoms with Crippen LogP contribution in [0.15, 0.2) is 66.7 Å². The van der Waals surface area contributed by atoms with Crippen molar-refractivity contribution < 1.29 is 9.53 Å². The molecule has 0 radical (unpaired) electrons. The number of hydrogen-bond donors (Lipinski definition) is 2. The summed E-state index contributed by atoms with van der Waals surface area (Å²) in [7, 11) is 1.52. The number of fused-ring (bicyclic) bond motifs is 1. The number of H-pyrrole nitrogens is 1. The van der Waals surface area contributed by atoms with E-state index in [1.165, 1.54) is 7.11 Å². The van der Waals surface area contributed by atoms with Crippen LogP contribution in [0.1, 0.15) is 10.4 Å². The number of halogens is 2. The second kappa shape index (κ2) is 8.33. The molecule has 7 heteroatoms. The van der Waals surface area contributed by atoms with Gasteiger partial charge in [-0.25, -0.2) is 4.98 Å². The molecule has 0 aliphatic heterocycles. The van der Waals surface area contributed by atoms with Gasteiger partial charge >= 0.3 is 0 Å². The summed E-state index contributed by atoms with van der Waals surface area (Å²) < 4.78 is 5.25. The van der Waals surface area contributed by atoms with Crippen LogP contribution in [0.3, 0.4) is 0 Å². The van der Waals surface area contributed by atoms with Crippen molar-refractivity contribution in [2.24, 2.45) is 0 Å². The zero-order valence-corrected chi connectivity index (χ0v) is 16.5. The van der Waals surface area contributed by atoms with Gasteiger partial charge in [-0.3, -0.25) is 4.79 Å². The second-order valence-corrected chi connectivity index (χ2v) is 6.42. The van der Waals surface area contributed by atoms with Crippen LogP contribution in [0.25, 0.3) is 22.4 Å². The summed E-state index contributed by atoms with van der Waals surface area (Å²) in [5.41, 5.74) is 3.76. The number of carbonyl (C=O) groups is 1. The third-order valence-electron chi connectivity index (χ3n) is 4.19. The summed E-state index contributed by atoms with van der Waals surface area (Å²) in [4.78, 5) is 20.5. The Balaban J connectivity index is 0.00000225. The van der Waals surface area contributed by atoms with E-state index in [4.69, 9.17) is 16.3 Å². The summed E-state index contributed by atoms with van der Waals surface area (Å²) in [6.45, 7) is 0. The molecule has 2 N–H and O–H groups in total. The number of amides is 1. The number of nitrogens with one attached hydrogen (secondary N) is 2. The first-order chi connectivity index (χ1) is 13.1. The number of anilines is 1. The maximum atomic E-state index is 12.7. The fourth-order valence-corrected chi connectivity index (χ4v) is 3.06. The summed E-state index contributed by atoms with van der Waals surface area (Å²) >= 11 is 6.02. The first-order valence-corrected chi connectivity index (χ1v) is 8.72. The number of benzene rings is 3. The molecule has 1 heterocycles. The predicted octanol–water partition coefficient (Wildman–Crippen LogP) is 5.57. The molecule has 0 saturated heterocycles. The van der Waals surface area contributed by atoms with Gasteiger partial charge in [0.05, 0.1) is 23.7 Å². The van der Waals surface area contributed by atoms with Crippen LogP contribution < -0.4 is 10.1 Å². The van der Waals surface area contributed by atoms with Gasteiger partial charge in [-0.15, -0.1) is 12.4 Å². The van der Waals surface area contributed by atoms with Gasteiger partial charge in [-0.2, -0.15) is 0 Å². The van der Waals surface area contributed by atoms with E-state index in [-0.39, 0.29) is 18.3 Å². The highest BCUT2D eigenvalue weighted by Crippen LogP contribution is 2.26. The number of para-hydroxylation sites is 2. The number of aromatic nitrogens is 2. The minimum Gasteiger partial charge on any atom is -0.496 e. The van der Waals surface area contributed by atoms with E-state index in [0.29, 0.717) is 22.0 Å². The zero-order valence-electron chi connectivity index (χ0n) is 14.9. The Morgan fingerprint density at radius 2 is 1.89 bits per heavy atom. The van der Waals surface area contributed by atoms with E-state index in [0.717, 1.165) is 22.4 Å². The fourth-order valence-electron chi connectivity index (χ4n) is 2.89. The fraction of sp³-hybridized carbons (Fsp3) is 0.0476. The van der Waals surface area contributed by atoms with E-state index in [1.807, 2.05) is 48.5 Å². The number of hydrogen-bond acceptors (Lipinski definition) is 3. The molecule has 5 nitrogen and oxygen atoms in total. The highest BCUT2D eigenvalue weighted by atomic mass is 35.5. The standard InChI is InChI=1S/C21H16ClN3O2.ClH/c1-27-19-10-9-14(22)12-16(19)21(26)23-15-6-4-5-13(11-15)20-24-17-7-2-3-8-18(17)25-20;/h2-12H,1H3,(H,23,26)(H,24,25);1H. The van der Waals surface area contributed by atoms with Crippen LogP contribution >= 0.6 is 24.0 Å². The molecule has 4 rings (SSSR count). The summed E-state index contributed by atoms with van der Waals surface area (Å²) in [5, 5.41) is 3.35. The van der Waals surface area contributed by atoms with E-state index in [9.17, 15) is 4.79 Å². The number of carbonyl (C=O) groups excluding carboxylic acids is 1. The molecule has 3 aromatic carbocycles. The van der Waals surface area contributed by atoms with Crippen LogP contribution in [0.5, 0.6) is 5.75 Å². The molecule has 0 atom stereocenters. The van der Waals surface area contributed by atoms with Crippen molar-refractivity contribution in [3.8, 4) is 17.1 Å². The van der Waals surface area contributed by atoms with Crippen molar-refractivity contribution in [2.75, 3.05) is 12.4 Å². The van der Waals surface area contributed by atoms with Gasteiger partial charge in [0, 0.05) is 16.3 Å². The van der Waals surface area contributed by atoms with Crippen molar-refractivity contribution in [3.63, 3.8) is 0 Å². The lowest BCUT2D eigenvalue weighted by atomic mass is 10.1. The number of methoxy groups -OCH3 is 1. The van der Waals surface area contributed by atoms with Gasteiger partial charge in [-0.1, -0.05) is 35.9 Å². The van der Waals surface area contributed by atoms with Gasteiger partial charge < -0.3 is 15.0 Å². The molecule has 1 amide bonds. The molecule has 4 aromatic rings. The Kier molecular flexibility index (Phi) is 5.87. The maximum absolute atomic E-state index is 12.7. The van der Waals surface area contributed by atoms with Gasteiger partial charge in [0.2, 0.25) is 0 Å². The van der Waals surface area contributed by atoms with Gasteiger partial charge in [-0.05, 0) is 42.5 Å². The van der Waals surface area contributed by atoms with Crippen LogP contribution in [0, 0.1) is 0 Å². The highest BCUT2D eigenvalue weighted by molar-refractivity contribution is 6.31. The maximum Gasteiger partial charge on any atom is 0.259 e. The van der Waals surface area contributed by atoms with Crippen molar-refractivity contribution in [1.29, 1.82) is 0 Å². The molecule has 0 aliphatic rings. The lowest BCUT2D eigenvalue weighted by Gasteiger charge is -2.10. The Bertz CT molecular complexity index is 1110. The monoisotopic (exact) mass is 413 g/mol. The normalized spacial score (nSPS) is 10.4. The SMILES string of the molecule is COc1ccc(Cl)cc1C(=O)Nc1cccc(-c2nc3ccccc3[nH]2)c1.Cl. The van der Waals surface area contributed by atoms with E-state index in [2.05, 4.69) is 15.3 Å². The van der Waals surface area contributed by atoms with E-state index >= 15 is 0 Å². The van der Waals surface area contributed by atoms with Crippen molar-refractivity contribution in [1.82, 2.24) is 9.97 Å². The van der Waals surface area contributed by atoms with Crippen molar-refractivity contribution in [3.05, 3.63) is 77.3 Å². The van der Waals surface area contributed by atoms with Gasteiger partial charge in [0.25, 0.3) is 5.91 Å². The average molecular weight is 414 g/mol. The van der Waals surface area contributed by atoms with Crippen LogP contribution in [0.4, 0.5) is 5.69 Å². The number of aromatic amines is 1. The number of nitrogens with zero attached hydrogens (tertiary/aromatic N) is 1. The third kappa shape index (κ3) is 3.96. The lowest BCUT2D eigenvalue weighted by Crippen LogP contribution is -2.13. The smallest absolute Gasteiger partial charge is 0.259 e. The molecule has 0 unspecified atom stereocenters. The third-order valence-corrected chi connectivity index (χ3v) is 4.42. The minimum absolute atomic E-state index is 0. The van der Waals surface area contributed by atoms with Crippen LogP contribution in [-0.4, -0.2) is 23.0 Å². The molecule has 0 saturated carbocycles. The Morgan fingerprint density at radius 3 is 2.68 bits per heavy atom. The molecular weight excluding hydrogens is 397 g/mol. The molecule has 0 aliphatic carbocycles. The molecule has 1 aromatic heterocycles. The van der Waals surface area contributed by atoms with E-state index < -0.39 is 0 Å². The zero-order chi connectivity index (χ0) is 18.8. The molecule has 142 valence electrons. The molecule has 0 bridgehead atoms. The summed E-state index contributed by atoms with van der Waals surface area (Å²) in [5.74, 6) is 0.911. The van der Waals surface area contributed by atoms with Gasteiger partial charge in [0.1, 0.15) is 11.6 Å². The lowest BCUT2D eigenvalue weighted by molar-refractivity contribution is 0.102.